The van der Waals surface area contributed by atoms with Crippen molar-refractivity contribution in [3.8, 4) is 0 Å². The molecule has 0 radical (unpaired) electrons. The van der Waals surface area contributed by atoms with Crippen molar-refractivity contribution in [1.29, 1.82) is 0 Å². The molecule has 1 aromatic carbocycles. The van der Waals surface area contributed by atoms with Crippen LogP contribution in [0.3, 0.4) is 0 Å². The average Bonchev–Trinajstić information content (AvgIpc) is 2.21. The van der Waals surface area contributed by atoms with E-state index < -0.39 is 0 Å². The smallest absolute Gasteiger partial charge is 0.0518 e. The van der Waals surface area contributed by atoms with Crippen LogP contribution in [0.4, 0.5) is 0 Å². The van der Waals surface area contributed by atoms with Gasteiger partial charge in [0.05, 0.1) is 6.10 Å². The molecule has 17 heavy (non-hydrogen) atoms. The van der Waals surface area contributed by atoms with Gasteiger partial charge in [0.2, 0.25) is 0 Å². The van der Waals surface area contributed by atoms with Gasteiger partial charge in [-0.05, 0) is 38.0 Å². The lowest BCUT2D eigenvalue weighted by Crippen LogP contribution is -2.57. The van der Waals surface area contributed by atoms with Crippen LogP contribution in [-0.2, 0) is 10.2 Å². The number of ether oxygens (including phenoxy) is 1. The van der Waals surface area contributed by atoms with Gasteiger partial charge in [-0.1, -0.05) is 28.1 Å². The zero-order valence-corrected chi connectivity index (χ0v) is 12.1. The maximum absolute atomic E-state index is 5.69. The fraction of sp³-hybridized carbons (Fsp3) is 0.571. The Morgan fingerprint density at radius 1 is 1.41 bits per heavy atom. The number of benzene rings is 1. The topological polar surface area (TPSA) is 21.3 Å². The molecule has 0 aromatic heterocycles. The molecule has 0 bridgehead atoms. The van der Waals surface area contributed by atoms with E-state index in [1.54, 1.807) is 0 Å². The first-order valence-electron chi connectivity index (χ1n) is 6.21. The van der Waals surface area contributed by atoms with Gasteiger partial charge >= 0.3 is 0 Å². The van der Waals surface area contributed by atoms with E-state index in [0.29, 0.717) is 6.10 Å². The molecule has 1 heterocycles. The summed E-state index contributed by atoms with van der Waals surface area (Å²) in [4.78, 5) is 0. The Kier molecular flexibility index (Phi) is 4.23. The minimum atomic E-state index is 0.276. The molecule has 1 N–H and O–H groups in total. The number of nitrogens with one attached hydrogen (secondary N) is 1. The first-order chi connectivity index (χ1) is 8.12. The van der Waals surface area contributed by atoms with E-state index in [4.69, 9.17) is 4.74 Å². The molecule has 1 fully saturated rings. The summed E-state index contributed by atoms with van der Waals surface area (Å²) in [6.45, 7) is 7.14. The van der Waals surface area contributed by atoms with Crippen LogP contribution in [0.1, 0.15) is 25.8 Å². The van der Waals surface area contributed by atoms with E-state index in [1.807, 2.05) is 0 Å². The Hall–Kier alpha value is -0.380. The van der Waals surface area contributed by atoms with Crippen LogP contribution in [0.5, 0.6) is 0 Å². The van der Waals surface area contributed by atoms with Gasteiger partial charge < -0.3 is 10.1 Å². The molecule has 2 rings (SSSR count). The van der Waals surface area contributed by atoms with E-state index in [2.05, 4.69) is 59.4 Å². The van der Waals surface area contributed by atoms with Crippen molar-refractivity contribution in [2.75, 3.05) is 19.7 Å². The van der Waals surface area contributed by atoms with Crippen molar-refractivity contribution >= 4 is 15.9 Å². The van der Waals surface area contributed by atoms with Gasteiger partial charge in [-0.15, -0.1) is 0 Å². The molecule has 0 amide bonds. The summed E-state index contributed by atoms with van der Waals surface area (Å²) < 4.78 is 6.84. The summed E-state index contributed by atoms with van der Waals surface area (Å²) in [5.74, 6) is 0. The van der Waals surface area contributed by atoms with Gasteiger partial charge in [0, 0.05) is 29.6 Å². The van der Waals surface area contributed by atoms with Gasteiger partial charge in [0.25, 0.3) is 0 Å². The van der Waals surface area contributed by atoms with Crippen molar-refractivity contribution in [3.63, 3.8) is 0 Å². The number of hydrogen-bond donors (Lipinski definition) is 1. The second-order valence-electron chi connectivity index (χ2n) is 5.06. The lowest BCUT2D eigenvalue weighted by Gasteiger charge is -2.43. The molecule has 1 aliphatic heterocycles. The van der Waals surface area contributed by atoms with Crippen LogP contribution in [-0.4, -0.2) is 25.8 Å². The highest BCUT2D eigenvalue weighted by molar-refractivity contribution is 9.10. The first kappa shape index (κ1) is 13.1. The second-order valence-corrected chi connectivity index (χ2v) is 5.98. The standard InChI is InChI=1S/C14H20BrNO/c1-11(2)17-7-6-14(9-16-10-14)12-4-3-5-13(15)8-12/h3-5,8,11,16H,6-7,9-10H2,1-2H3. The molecule has 0 aliphatic carbocycles. The van der Waals surface area contributed by atoms with E-state index in [9.17, 15) is 0 Å². The van der Waals surface area contributed by atoms with Crippen molar-refractivity contribution in [2.24, 2.45) is 0 Å². The summed E-state index contributed by atoms with van der Waals surface area (Å²) in [5.41, 5.74) is 1.69. The number of hydrogen-bond acceptors (Lipinski definition) is 2. The normalized spacial score (nSPS) is 18.1. The third-order valence-corrected chi connectivity index (χ3v) is 3.89. The van der Waals surface area contributed by atoms with Crippen LogP contribution >= 0.6 is 15.9 Å². The second kappa shape index (κ2) is 5.51. The monoisotopic (exact) mass is 297 g/mol. The quantitative estimate of drug-likeness (QED) is 0.902. The maximum atomic E-state index is 5.69. The Balaban J connectivity index is 2.04. The summed E-state index contributed by atoms with van der Waals surface area (Å²) in [5, 5.41) is 3.39. The third-order valence-electron chi connectivity index (χ3n) is 3.40. The van der Waals surface area contributed by atoms with Crippen LogP contribution in [0.2, 0.25) is 0 Å². The Morgan fingerprint density at radius 3 is 2.71 bits per heavy atom. The van der Waals surface area contributed by atoms with Crippen molar-refractivity contribution < 1.29 is 4.74 Å². The highest BCUT2D eigenvalue weighted by Gasteiger charge is 2.38. The zero-order chi connectivity index (χ0) is 12.3. The molecular formula is C14H20BrNO. The summed E-state index contributed by atoms with van der Waals surface area (Å²) in [7, 11) is 0. The fourth-order valence-electron chi connectivity index (χ4n) is 2.26. The van der Waals surface area contributed by atoms with Crippen LogP contribution in [0.25, 0.3) is 0 Å². The summed E-state index contributed by atoms with van der Waals surface area (Å²) >= 11 is 3.55. The maximum Gasteiger partial charge on any atom is 0.0518 e. The Morgan fingerprint density at radius 2 is 2.18 bits per heavy atom. The Bertz CT molecular complexity index is 374. The van der Waals surface area contributed by atoms with Crippen LogP contribution < -0.4 is 5.32 Å². The van der Waals surface area contributed by atoms with Gasteiger partial charge in [0.1, 0.15) is 0 Å². The molecule has 1 saturated heterocycles. The van der Waals surface area contributed by atoms with Crippen LogP contribution in [0.15, 0.2) is 28.7 Å². The molecule has 0 spiro atoms. The summed E-state index contributed by atoms with van der Waals surface area (Å²) in [6, 6.07) is 8.65. The average molecular weight is 298 g/mol. The van der Waals surface area contributed by atoms with Crippen molar-refractivity contribution in [2.45, 2.75) is 31.8 Å². The van der Waals surface area contributed by atoms with Gasteiger partial charge in [-0.25, -0.2) is 0 Å². The number of halogens is 1. The Labute approximate surface area is 112 Å². The van der Waals surface area contributed by atoms with E-state index in [-0.39, 0.29) is 5.41 Å². The van der Waals surface area contributed by atoms with Crippen LogP contribution in [0, 0.1) is 0 Å². The van der Waals surface area contributed by atoms with E-state index >= 15 is 0 Å². The fourth-order valence-corrected chi connectivity index (χ4v) is 2.66. The predicted molar refractivity (Wildman–Crippen MR) is 74.4 cm³/mol. The van der Waals surface area contributed by atoms with E-state index in [1.165, 1.54) is 5.56 Å². The molecule has 3 heteroatoms. The molecular weight excluding hydrogens is 278 g/mol. The lowest BCUT2D eigenvalue weighted by molar-refractivity contribution is 0.0556. The SMILES string of the molecule is CC(C)OCCC1(c2cccc(Br)c2)CNC1. The van der Waals surface area contributed by atoms with Crippen molar-refractivity contribution in [1.82, 2.24) is 5.32 Å². The highest BCUT2D eigenvalue weighted by atomic mass is 79.9. The molecule has 1 aromatic rings. The number of rotatable bonds is 5. The van der Waals surface area contributed by atoms with Gasteiger partial charge in [0.15, 0.2) is 0 Å². The largest absolute Gasteiger partial charge is 0.379 e. The molecule has 94 valence electrons. The van der Waals surface area contributed by atoms with Crippen molar-refractivity contribution in [3.05, 3.63) is 34.3 Å². The molecule has 0 unspecified atom stereocenters. The lowest BCUT2D eigenvalue weighted by atomic mass is 9.73. The summed E-state index contributed by atoms with van der Waals surface area (Å²) in [6.07, 6.45) is 1.41. The van der Waals surface area contributed by atoms with Gasteiger partial charge in [-0.3, -0.25) is 0 Å². The van der Waals surface area contributed by atoms with Gasteiger partial charge in [-0.2, -0.15) is 0 Å². The minimum Gasteiger partial charge on any atom is -0.379 e. The highest BCUT2D eigenvalue weighted by Crippen LogP contribution is 2.33. The molecule has 2 nitrogen and oxygen atoms in total. The minimum absolute atomic E-state index is 0.276. The molecule has 0 saturated carbocycles. The zero-order valence-electron chi connectivity index (χ0n) is 10.5. The van der Waals surface area contributed by atoms with E-state index in [0.717, 1.165) is 30.6 Å². The molecule has 1 aliphatic rings. The predicted octanol–water partition coefficient (Wildman–Crippen LogP) is 3.11. The third kappa shape index (κ3) is 3.09. The molecule has 0 atom stereocenters. The first-order valence-corrected chi connectivity index (χ1v) is 7.00.